The fraction of sp³-hybridized carbons (Fsp3) is 0.538. The number of aromatic hydroxyl groups is 1. The van der Waals surface area contributed by atoms with E-state index in [1.54, 1.807) is 0 Å². The molecule has 4 nitrogen and oxygen atoms in total. The van der Waals surface area contributed by atoms with Gasteiger partial charge in [-0.25, -0.2) is 4.39 Å². The minimum Gasteiger partial charge on any atom is -0.505 e. The molecule has 0 aliphatic carbocycles. The van der Waals surface area contributed by atoms with E-state index in [2.05, 4.69) is 5.32 Å². The molecule has 1 atom stereocenters. The molecule has 98 valence electrons. The molecule has 2 N–H and O–H groups in total. The number of ether oxygens (including phenoxy) is 2. The van der Waals surface area contributed by atoms with Crippen LogP contribution in [0.25, 0.3) is 0 Å². The minimum atomic E-state index is -0.648. The molecule has 1 unspecified atom stereocenters. The molecule has 2 aliphatic rings. The molecule has 1 fully saturated rings. The number of rotatable bonds is 2. The predicted octanol–water partition coefficient (Wildman–Crippen LogP) is 1.94. The molecule has 1 aromatic carbocycles. The maximum Gasteiger partial charge on any atom is 0.231 e. The van der Waals surface area contributed by atoms with Gasteiger partial charge in [-0.2, -0.15) is 0 Å². The highest BCUT2D eigenvalue weighted by atomic mass is 19.1. The molecule has 0 amide bonds. The quantitative estimate of drug-likeness (QED) is 0.845. The Bertz CT molecular complexity index is 458. The molecule has 1 aromatic rings. The SMILES string of the molecule is Oc1c(F)cc2c(c1CC1CCCCN1)OCO2. The Hall–Kier alpha value is -1.49. The third-order valence-corrected chi connectivity index (χ3v) is 3.55. The monoisotopic (exact) mass is 253 g/mol. The smallest absolute Gasteiger partial charge is 0.231 e. The third kappa shape index (κ3) is 1.99. The fourth-order valence-corrected chi connectivity index (χ4v) is 2.60. The number of halogens is 1. The van der Waals surface area contributed by atoms with E-state index in [4.69, 9.17) is 9.47 Å². The van der Waals surface area contributed by atoms with Crippen molar-refractivity contribution >= 4 is 0 Å². The summed E-state index contributed by atoms with van der Waals surface area (Å²) in [5.41, 5.74) is 0.516. The highest BCUT2D eigenvalue weighted by molar-refractivity contribution is 5.55. The Balaban J connectivity index is 1.90. The molecule has 0 radical (unpaired) electrons. The summed E-state index contributed by atoms with van der Waals surface area (Å²) in [6.45, 7) is 1.06. The van der Waals surface area contributed by atoms with E-state index in [-0.39, 0.29) is 18.6 Å². The van der Waals surface area contributed by atoms with Gasteiger partial charge in [0.2, 0.25) is 6.79 Å². The minimum absolute atomic E-state index is 0.0866. The molecule has 5 heteroatoms. The maximum atomic E-state index is 13.6. The lowest BCUT2D eigenvalue weighted by atomic mass is 9.96. The summed E-state index contributed by atoms with van der Waals surface area (Å²) in [5, 5.41) is 13.2. The normalized spacial score (nSPS) is 22.2. The highest BCUT2D eigenvalue weighted by Gasteiger charge is 2.26. The van der Waals surface area contributed by atoms with Gasteiger partial charge < -0.3 is 19.9 Å². The van der Waals surface area contributed by atoms with E-state index in [0.29, 0.717) is 23.5 Å². The van der Waals surface area contributed by atoms with E-state index < -0.39 is 5.82 Å². The molecule has 0 spiro atoms. The van der Waals surface area contributed by atoms with Crippen LogP contribution >= 0.6 is 0 Å². The van der Waals surface area contributed by atoms with Crippen LogP contribution < -0.4 is 14.8 Å². The first-order chi connectivity index (χ1) is 8.75. The number of fused-ring (bicyclic) bond motifs is 1. The zero-order chi connectivity index (χ0) is 12.5. The van der Waals surface area contributed by atoms with Crippen molar-refractivity contribution in [2.24, 2.45) is 0 Å². The van der Waals surface area contributed by atoms with E-state index >= 15 is 0 Å². The van der Waals surface area contributed by atoms with Gasteiger partial charge in [-0.15, -0.1) is 0 Å². The second-order valence-electron chi connectivity index (χ2n) is 4.77. The molecule has 0 saturated carbocycles. The second-order valence-corrected chi connectivity index (χ2v) is 4.77. The standard InChI is InChI=1S/C13H16FNO3/c14-10-6-11-13(18-7-17-11)9(12(10)16)5-8-3-1-2-4-15-8/h6,8,15-16H,1-5,7H2. The summed E-state index contributed by atoms with van der Waals surface area (Å²) < 4.78 is 24.1. The zero-order valence-electron chi connectivity index (χ0n) is 10.0. The lowest BCUT2D eigenvalue weighted by molar-refractivity contribution is 0.173. The van der Waals surface area contributed by atoms with Crippen LogP contribution in [0.15, 0.2) is 6.07 Å². The Morgan fingerprint density at radius 1 is 1.39 bits per heavy atom. The van der Waals surface area contributed by atoms with E-state index in [0.717, 1.165) is 19.4 Å². The van der Waals surface area contributed by atoms with Gasteiger partial charge in [0, 0.05) is 17.7 Å². The van der Waals surface area contributed by atoms with Crippen molar-refractivity contribution in [1.29, 1.82) is 0 Å². The number of phenols is 1. The van der Waals surface area contributed by atoms with Crippen LogP contribution in [0.5, 0.6) is 17.2 Å². The molecule has 0 aromatic heterocycles. The molecule has 2 aliphatic heterocycles. The largest absolute Gasteiger partial charge is 0.505 e. The summed E-state index contributed by atoms with van der Waals surface area (Å²) >= 11 is 0. The van der Waals surface area contributed by atoms with Crippen LogP contribution in [0, 0.1) is 5.82 Å². The summed E-state index contributed by atoms with van der Waals surface area (Å²) in [6, 6.07) is 1.44. The van der Waals surface area contributed by atoms with Crippen molar-refractivity contribution in [3.63, 3.8) is 0 Å². The third-order valence-electron chi connectivity index (χ3n) is 3.55. The first-order valence-electron chi connectivity index (χ1n) is 6.29. The predicted molar refractivity (Wildman–Crippen MR) is 63.5 cm³/mol. The Labute approximate surface area is 105 Å². The van der Waals surface area contributed by atoms with Crippen molar-refractivity contribution in [3.05, 3.63) is 17.4 Å². The zero-order valence-corrected chi connectivity index (χ0v) is 10.0. The van der Waals surface area contributed by atoms with Gasteiger partial charge in [-0.1, -0.05) is 6.42 Å². The van der Waals surface area contributed by atoms with Gasteiger partial charge >= 0.3 is 0 Å². The van der Waals surface area contributed by atoms with Gasteiger partial charge in [0.1, 0.15) is 0 Å². The highest BCUT2D eigenvalue weighted by Crippen LogP contribution is 2.43. The van der Waals surface area contributed by atoms with Crippen LogP contribution in [-0.2, 0) is 6.42 Å². The van der Waals surface area contributed by atoms with Gasteiger partial charge in [0.25, 0.3) is 0 Å². The molecule has 18 heavy (non-hydrogen) atoms. The topological polar surface area (TPSA) is 50.7 Å². The molecule has 2 heterocycles. The molecule has 3 rings (SSSR count). The summed E-state index contributed by atoms with van der Waals surface area (Å²) in [6.07, 6.45) is 3.93. The summed E-state index contributed by atoms with van der Waals surface area (Å²) in [4.78, 5) is 0. The van der Waals surface area contributed by atoms with Crippen LogP contribution in [0.3, 0.4) is 0 Å². The Morgan fingerprint density at radius 3 is 3.06 bits per heavy atom. The number of benzene rings is 1. The molecular weight excluding hydrogens is 237 g/mol. The Morgan fingerprint density at radius 2 is 2.28 bits per heavy atom. The van der Waals surface area contributed by atoms with Crippen molar-refractivity contribution < 1.29 is 19.0 Å². The van der Waals surface area contributed by atoms with Gasteiger partial charge in [-0.05, 0) is 25.8 Å². The van der Waals surface area contributed by atoms with E-state index in [9.17, 15) is 9.50 Å². The number of phenolic OH excluding ortho intramolecular Hbond substituents is 1. The number of hydrogen-bond acceptors (Lipinski definition) is 4. The first-order valence-corrected chi connectivity index (χ1v) is 6.29. The van der Waals surface area contributed by atoms with Crippen molar-refractivity contribution in [2.75, 3.05) is 13.3 Å². The average Bonchev–Trinajstić information content (AvgIpc) is 2.84. The van der Waals surface area contributed by atoms with Crippen LogP contribution in [-0.4, -0.2) is 24.5 Å². The van der Waals surface area contributed by atoms with Crippen LogP contribution in [0.4, 0.5) is 4.39 Å². The van der Waals surface area contributed by atoms with Crippen LogP contribution in [0.1, 0.15) is 24.8 Å². The Kier molecular flexibility index (Phi) is 2.99. The second kappa shape index (κ2) is 4.65. The number of piperidine rings is 1. The van der Waals surface area contributed by atoms with E-state index in [1.807, 2.05) is 0 Å². The lowest BCUT2D eigenvalue weighted by Crippen LogP contribution is -2.35. The van der Waals surface area contributed by atoms with Crippen molar-refractivity contribution in [2.45, 2.75) is 31.7 Å². The van der Waals surface area contributed by atoms with Gasteiger partial charge in [0.15, 0.2) is 23.1 Å². The van der Waals surface area contributed by atoms with E-state index in [1.165, 1.54) is 12.5 Å². The average molecular weight is 253 g/mol. The first kappa shape index (κ1) is 11.6. The fourth-order valence-electron chi connectivity index (χ4n) is 2.60. The van der Waals surface area contributed by atoms with Gasteiger partial charge in [0.05, 0.1) is 0 Å². The van der Waals surface area contributed by atoms with Gasteiger partial charge in [-0.3, -0.25) is 0 Å². The number of nitrogens with one attached hydrogen (secondary N) is 1. The molecular formula is C13H16FNO3. The molecule has 1 saturated heterocycles. The summed E-state index contributed by atoms with van der Waals surface area (Å²) in [7, 11) is 0. The van der Waals surface area contributed by atoms with Crippen LogP contribution in [0.2, 0.25) is 0 Å². The summed E-state index contributed by atoms with van der Waals surface area (Å²) in [5.74, 6) is -0.0888. The molecule has 0 bridgehead atoms. The van der Waals surface area contributed by atoms with Crippen molar-refractivity contribution in [1.82, 2.24) is 5.32 Å². The number of hydrogen-bond donors (Lipinski definition) is 2. The maximum absolute atomic E-state index is 13.6. The lowest BCUT2D eigenvalue weighted by Gasteiger charge is -2.24. The van der Waals surface area contributed by atoms with Crippen molar-refractivity contribution in [3.8, 4) is 17.2 Å².